The summed E-state index contributed by atoms with van der Waals surface area (Å²) in [5.74, 6) is -6.19. The van der Waals surface area contributed by atoms with Crippen molar-refractivity contribution in [2.24, 2.45) is 22.9 Å². The maximum Gasteiger partial charge on any atom is 0.248 e. The highest BCUT2D eigenvalue weighted by Crippen LogP contribution is 2.44. The molecule has 2 amide bonds. The van der Waals surface area contributed by atoms with E-state index in [0.29, 0.717) is 11.5 Å². The zero-order valence-corrected chi connectivity index (χ0v) is 21.9. The van der Waals surface area contributed by atoms with Crippen LogP contribution in [-0.4, -0.2) is 46.1 Å². The summed E-state index contributed by atoms with van der Waals surface area (Å²) in [6.07, 6.45) is 4.13. The lowest BCUT2D eigenvalue weighted by Gasteiger charge is -2.34. The topological polar surface area (TPSA) is 112 Å². The van der Waals surface area contributed by atoms with Gasteiger partial charge in [-0.25, -0.2) is 27.2 Å². The number of carbonyl (C=O) groups excluding carboxylic acids is 2. The van der Waals surface area contributed by atoms with Crippen molar-refractivity contribution in [3.05, 3.63) is 23.3 Å². The number of imidazole rings is 1. The fourth-order valence-electron chi connectivity index (χ4n) is 5.64. The third kappa shape index (κ3) is 7.46. The molecule has 1 aromatic rings. The molecule has 0 bridgehead atoms. The molecule has 3 fully saturated rings. The first-order chi connectivity index (χ1) is 18.4. The smallest absolute Gasteiger partial charge is 0.248 e. The fraction of sp³-hybridized carbons (Fsp3) is 0.667. The van der Waals surface area contributed by atoms with Crippen molar-refractivity contribution in [3.8, 4) is 6.07 Å². The van der Waals surface area contributed by atoms with E-state index in [1.807, 2.05) is 6.92 Å². The van der Waals surface area contributed by atoms with Crippen LogP contribution in [0.1, 0.15) is 88.7 Å². The Bertz CT molecular complexity index is 1150. The van der Waals surface area contributed by atoms with Gasteiger partial charge in [0.25, 0.3) is 0 Å². The van der Waals surface area contributed by atoms with Crippen LogP contribution in [0.4, 0.5) is 17.6 Å². The van der Waals surface area contributed by atoms with Crippen molar-refractivity contribution in [1.29, 1.82) is 5.26 Å². The van der Waals surface area contributed by atoms with Gasteiger partial charge in [0.2, 0.25) is 23.7 Å². The van der Waals surface area contributed by atoms with Gasteiger partial charge in [-0.05, 0) is 62.0 Å². The van der Waals surface area contributed by atoms with Gasteiger partial charge >= 0.3 is 0 Å². The van der Waals surface area contributed by atoms with Crippen LogP contribution >= 0.6 is 0 Å². The molecule has 0 saturated heterocycles. The van der Waals surface area contributed by atoms with Crippen LogP contribution in [-0.2, 0) is 9.59 Å². The molecule has 39 heavy (non-hydrogen) atoms. The number of amides is 2. The predicted octanol–water partition coefficient (Wildman–Crippen LogP) is 4.98. The van der Waals surface area contributed by atoms with E-state index in [9.17, 15) is 27.2 Å². The molecule has 0 spiro atoms. The molecule has 1 aromatic heterocycles. The lowest BCUT2D eigenvalue weighted by molar-refractivity contribution is -0.134. The van der Waals surface area contributed by atoms with Gasteiger partial charge in [-0.3, -0.25) is 9.59 Å². The molecule has 12 heteroatoms. The summed E-state index contributed by atoms with van der Waals surface area (Å²) >= 11 is 0. The van der Waals surface area contributed by atoms with Crippen LogP contribution < -0.4 is 10.6 Å². The normalized spacial score (nSPS) is 22.7. The second kappa shape index (κ2) is 11.5. The van der Waals surface area contributed by atoms with Gasteiger partial charge in [0.05, 0.1) is 30.0 Å². The number of hydrogen-bond donors (Lipinski definition) is 2. The Hall–Kier alpha value is -3.23. The predicted molar refractivity (Wildman–Crippen MR) is 136 cm³/mol. The summed E-state index contributed by atoms with van der Waals surface area (Å²) in [7, 11) is 0. The molecule has 3 aliphatic rings. The third-order valence-electron chi connectivity index (χ3n) is 7.90. The molecule has 2 N–H and O–H groups in total. The van der Waals surface area contributed by atoms with Gasteiger partial charge in [-0.2, -0.15) is 10.4 Å². The second-order valence-corrected chi connectivity index (χ2v) is 11.2. The molecule has 0 unspecified atom stereocenters. The van der Waals surface area contributed by atoms with E-state index in [0.717, 1.165) is 18.4 Å². The quantitative estimate of drug-likeness (QED) is 0.299. The van der Waals surface area contributed by atoms with Gasteiger partial charge in [-0.15, -0.1) is 0 Å². The highest BCUT2D eigenvalue weighted by molar-refractivity contribution is 5.78. The minimum Gasteiger partial charge on any atom is -0.349 e. The van der Waals surface area contributed by atoms with Crippen molar-refractivity contribution in [2.75, 3.05) is 0 Å². The molecular formula is C27H34F4N6O2. The highest BCUT2D eigenvalue weighted by atomic mass is 19.3. The fourth-order valence-corrected chi connectivity index (χ4v) is 5.64. The van der Waals surface area contributed by atoms with Crippen molar-refractivity contribution in [2.45, 2.75) is 95.1 Å². The molecule has 8 nitrogen and oxygen atoms in total. The van der Waals surface area contributed by atoms with Gasteiger partial charge < -0.3 is 10.6 Å². The molecule has 0 aromatic carbocycles. The summed E-state index contributed by atoms with van der Waals surface area (Å²) in [5.41, 5.74) is 1.22. The average Bonchev–Trinajstić information content (AvgIpc) is 3.60. The third-order valence-corrected chi connectivity index (χ3v) is 7.90. The monoisotopic (exact) mass is 550 g/mol. The van der Waals surface area contributed by atoms with Crippen LogP contribution in [0.25, 0.3) is 6.08 Å². The largest absolute Gasteiger partial charge is 0.349 e. The van der Waals surface area contributed by atoms with E-state index in [2.05, 4.69) is 27.4 Å². The van der Waals surface area contributed by atoms with Gasteiger partial charge in [0.15, 0.2) is 5.82 Å². The van der Waals surface area contributed by atoms with Crippen LogP contribution in [0.5, 0.6) is 0 Å². The van der Waals surface area contributed by atoms with Gasteiger partial charge in [0.1, 0.15) is 6.42 Å². The van der Waals surface area contributed by atoms with E-state index in [-0.39, 0.29) is 81.1 Å². The van der Waals surface area contributed by atoms with Crippen molar-refractivity contribution < 1.29 is 27.2 Å². The number of aromatic nitrogens is 2. The number of hydrogen-bond acceptors (Lipinski definition) is 5. The maximum atomic E-state index is 13.8. The van der Waals surface area contributed by atoms with Crippen LogP contribution in [0, 0.1) is 29.1 Å². The first-order valence-electron chi connectivity index (χ1n) is 13.4. The summed E-state index contributed by atoms with van der Waals surface area (Å²) in [5, 5.41) is 18.7. The van der Waals surface area contributed by atoms with Crippen LogP contribution in [0.15, 0.2) is 16.9 Å². The van der Waals surface area contributed by atoms with E-state index in [1.165, 1.54) is 4.68 Å². The number of rotatable bonds is 11. The SMILES string of the molecule is C=Nn1cc([C@@H](NC(=O)CC#N)C2CCC(F)(F)CC2)nc1/C=C(\C)[C@H](NC(=O)CC1CC(F)(F)C1)C1CC1. The summed E-state index contributed by atoms with van der Waals surface area (Å²) in [4.78, 5) is 29.5. The summed E-state index contributed by atoms with van der Waals surface area (Å²) in [6.45, 7) is 5.42. The maximum absolute atomic E-state index is 13.8. The van der Waals surface area contributed by atoms with Crippen molar-refractivity contribution in [3.63, 3.8) is 0 Å². The number of carbonyl (C=O) groups is 2. The molecule has 1 heterocycles. The molecule has 0 radical (unpaired) electrons. The zero-order valence-electron chi connectivity index (χ0n) is 21.9. The Kier molecular flexibility index (Phi) is 8.47. The first-order valence-corrected chi connectivity index (χ1v) is 13.4. The molecule has 212 valence electrons. The lowest BCUT2D eigenvalue weighted by atomic mass is 9.79. The van der Waals surface area contributed by atoms with Gasteiger partial charge in [0, 0.05) is 38.8 Å². The molecule has 4 rings (SSSR count). The Labute approximate surface area is 224 Å². The summed E-state index contributed by atoms with van der Waals surface area (Å²) in [6, 6.07) is 0.822. The Balaban J connectivity index is 1.52. The van der Waals surface area contributed by atoms with Crippen LogP contribution in [0.3, 0.4) is 0 Å². The van der Waals surface area contributed by atoms with E-state index in [1.54, 1.807) is 18.3 Å². The standard InChI is InChI=1S/C27H34F4N6O2/c1-16(24(18-3-4-18)36-23(39)12-17-13-27(30,31)14-17)11-21-34-20(15-37(21)33-2)25(35-22(38)7-10-32)19-5-8-26(28,29)9-6-19/h11,15,17-19,24-25H,2-9,12-14H2,1H3,(H,35,38)(H,36,39)/b16-11+/t24-,25-/m0/s1. The Morgan fingerprint density at radius 3 is 2.38 bits per heavy atom. The molecular weight excluding hydrogens is 516 g/mol. The number of nitrogens with one attached hydrogen (secondary N) is 2. The Morgan fingerprint density at radius 1 is 1.15 bits per heavy atom. The molecule has 2 atom stereocenters. The number of alkyl halides is 4. The lowest BCUT2D eigenvalue weighted by Crippen LogP contribution is -2.42. The first kappa shape index (κ1) is 28.8. The molecule has 3 saturated carbocycles. The second-order valence-electron chi connectivity index (χ2n) is 11.2. The van der Waals surface area contributed by atoms with E-state index < -0.39 is 23.8 Å². The van der Waals surface area contributed by atoms with Crippen molar-refractivity contribution >= 4 is 24.6 Å². The molecule has 0 aliphatic heterocycles. The minimum atomic E-state index is -2.74. The average molecular weight is 551 g/mol. The molecule has 3 aliphatic carbocycles. The minimum absolute atomic E-state index is 0.0591. The van der Waals surface area contributed by atoms with Crippen LogP contribution in [0.2, 0.25) is 0 Å². The van der Waals surface area contributed by atoms with Gasteiger partial charge in [-0.1, -0.05) is 0 Å². The van der Waals surface area contributed by atoms with E-state index in [4.69, 9.17) is 5.26 Å². The number of nitriles is 1. The highest BCUT2D eigenvalue weighted by Gasteiger charge is 2.46. The number of halogens is 4. The zero-order chi connectivity index (χ0) is 28.4. The van der Waals surface area contributed by atoms with E-state index >= 15 is 0 Å². The summed E-state index contributed by atoms with van der Waals surface area (Å²) < 4.78 is 55.4. The Morgan fingerprint density at radius 2 is 1.82 bits per heavy atom. The van der Waals surface area contributed by atoms with Crippen molar-refractivity contribution in [1.82, 2.24) is 20.3 Å². The number of nitrogens with zero attached hydrogens (tertiary/aromatic N) is 4.